The molecule has 21 heavy (non-hydrogen) atoms. The topological polar surface area (TPSA) is 111 Å². The molecule has 1 unspecified atom stereocenters. The highest BCUT2D eigenvalue weighted by molar-refractivity contribution is 5.77. The van der Waals surface area contributed by atoms with Crippen molar-refractivity contribution in [3.63, 3.8) is 0 Å². The first-order chi connectivity index (χ1) is 9.83. The fourth-order valence-corrected chi connectivity index (χ4v) is 2.41. The minimum Gasteiger partial charge on any atom is -0.469 e. The van der Waals surface area contributed by atoms with Crippen molar-refractivity contribution in [2.24, 2.45) is 5.41 Å². The van der Waals surface area contributed by atoms with Crippen molar-refractivity contribution in [2.45, 2.75) is 25.7 Å². The Hall–Kier alpha value is -2.00. The second kappa shape index (κ2) is 5.41. The Labute approximate surface area is 118 Å². The van der Waals surface area contributed by atoms with E-state index in [1.807, 2.05) is 0 Å². The predicted molar refractivity (Wildman–Crippen MR) is 67.0 cm³/mol. The van der Waals surface area contributed by atoms with Gasteiger partial charge in [0.1, 0.15) is 6.23 Å². The molecule has 0 saturated carbocycles. The third-order valence-electron chi connectivity index (χ3n) is 3.68. The summed E-state index contributed by atoms with van der Waals surface area (Å²) in [5, 5.41) is 9.33. The number of nitrogens with zero attached hydrogens (tertiary/aromatic N) is 1. The molecular formula is C12H15FN2O6. The van der Waals surface area contributed by atoms with Crippen LogP contribution < -0.4 is 11.2 Å². The van der Waals surface area contributed by atoms with Crippen LogP contribution >= 0.6 is 0 Å². The van der Waals surface area contributed by atoms with Gasteiger partial charge in [0.2, 0.25) is 5.82 Å². The van der Waals surface area contributed by atoms with Crippen molar-refractivity contribution in [2.75, 3.05) is 13.7 Å². The predicted octanol–water partition coefficient (Wildman–Crippen LogP) is -0.865. The summed E-state index contributed by atoms with van der Waals surface area (Å²) in [7, 11) is 1.20. The number of hydrogen-bond donors (Lipinski definition) is 2. The number of aliphatic hydroxyl groups is 1. The van der Waals surface area contributed by atoms with Gasteiger partial charge in [0.25, 0.3) is 5.56 Å². The number of methoxy groups -OCH3 is 1. The largest absolute Gasteiger partial charge is 0.469 e. The van der Waals surface area contributed by atoms with E-state index in [9.17, 15) is 23.9 Å². The number of aliphatic hydroxyl groups excluding tert-OH is 1. The van der Waals surface area contributed by atoms with Crippen LogP contribution in [-0.4, -0.2) is 40.4 Å². The molecule has 0 aliphatic carbocycles. The average molecular weight is 302 g/mol. The molecule has 1 saturated heterocycles. The van der Waals surface area contributed by atoms with Crippen LogP contribution in [0.4, 0.5) is 4.39 Å². The lowest BCUT2D eigenvalue weighted by Gasteiger charge is -2.24. The lowest BCUT2D eigenvalue weighted by atomic mass is 9.83. The molecule has 3 atom stereocenters. The summed E-state index contributed by atoms with van der Waals surface area (Å²) in [6.45, 7) is 1.05. The Bertz CT molecular complexity index is 668. The number of H-pyrrole nitrogens is 1. The van der Waals surface area contributed by atoms with Gasteiger partial charge in [0, 0.05) is 6.42 Å². The normalized spacial score (nSPS) is 28.6. The summed E-state index contributed by atoms with van der Waals surface area (Å²) < 4.78 is 24.3. The highest BCUT2D eigenvalue weighted by Crippen LogP contribution is 2.43. The molecule has 2 heterocycles. The number of carbonyl (C=O) groups is 1. The SMILES string of the molecule is COC(=O)[C@@]1(C)CC(n2cc(F)c(=O)[nH]c2=O)O[C@@H]1CO. The minimum atomic E-state index is -1.18. The quantitative estimate of drug-likeness (QED) is 0.703. The van der Waals surface area contributed by atoms with Crippen LogP contribution in [0.2, 0.25) is 0 Å². The lowest BCUT2D eigenvalue weighted by Crippen LogP contribution is -2.39. The van der Waals surface area contributed by atoms with Crippen LogP contribution in [0.3, 0.4) is 0 Å². The Balaban J connectivity index is 2.41. The molecule has 0 amide bonds. The number of rotatable bonds is 3. The zero-order chi connectivity index (χ0) is 15.8. The molecule has 0 bridgehead atoms. The van der Waals surface area contributed by atoms with E-state index in [0.717, 1.165) is 4.57 Å². The summed E-state index contributed by atoms with van der Waals surface area (Å²) in [6, 6.07) is 0. The zero-order valence-corrected chi connectivity index (χ0v) is 11.5. The molecule has 2 rings (SSSR count). The Morgan fingerprint density at radius 2 is 2.33 bits per heavy atom. The minimum absolute atomic E-state index is 0.00368. The van der Waals surface area contributed by atoms with E-state index in [2.05, 4.69) is 4.74 Å². The Morgan fingerprint density at radius 1 is 1.67 bits per heavy atom. The maximum atomic E-state index is 13.3. The van der Waals surface area contributed by atoms with Gasteiger partial charge in [-0.25, -0.2) is 4.79 Å². The van der Waals surface area contributed by atoms with E-state index in [0.29, 0.717) is 6.20 Å². The van der Waals surface area contributed by atoms with Gasteiger partial charge in [-0.05, 0) is 6.92 Å². The molecule has 1 aliphatic rings. The van der Waals surface area contributed by atoms with Crippen molar-refractivity contribution in [3.8, 4) is 0 Å². The van der Waals surface area contributed by atoms with Crippen LogP contribution in [0.15, 0.2) is 15.8 Å². The number of carbonyl (C=O) groups excluding carboxylic acids is 1. The summed E-state index contributed by atoms with van der Waals surface area (Å²) in [4.78, 5) is 36.4. The van der Waals surface area contributed by atoms with Gasteiger partial charge in [0.05, 0.1) is 31.4 Å². The van der Waals surface area contributed by atoms with E-state index in [-0.39, 0.29) is 6.42 Å². The summed E-state index contributed by atoms with van der Waals surface area (Å²) >= 11 is 0. The first-order valence-corrected chi connectivity index (χ1v) is 6.19. The van der Waals surface area contributed by atoms with Crippen molar-refractivity contribution in [1.82, 2.24) is 9.55 Å². The van der Waals surface area contributed by atoms with Gasteiger partial charge < -0.3 is 14.6 Å². The van der Waals surface area contributed by atoms with E-state index in [1.165, 1.54) is 14.0 Å². The van der Waals surface area contributed by atoms with Crippen LogP contribution in [0.5, 0.6) is 0 Å². The van der Waals surface area contributed by atoms with Crippen LogP contribution in [-0.2, 0) is 14.3 Å². The monoisotopic (exact) mass is 302 g/mol. The molecule has 0 radical (unpaired) electrons. The van der Waals surface area contributed by atoms with Gasteiger partial charge >= 0.3 is 11.7 Å². The number of halogens is 1. The standard InChI is InChI=1S/C12H15FN2O6/c1-12(10(18)20-2)3-8(21-7(12)5-16)15-4-6(13)9(17)14-11(15)19/h4,7-8,16H,3,5H2,1-2H3,(H,14,17,19)/t7-,8?,12+/m1/s1. The van der Waals surface area contributed by atoms with Crippen molar-refractivity contribution >= 4 is 5.97 Å². The Kier molecular flexibility index (Phi) is 3.97. The summed E-state index contributed by atoms with van der Waals surface area (Å²) in [6.07, 6.45) is -1.19. The smallest absolute Gasteiger partial charge is 0.330 e. The summed E-state index contributed by atoms with van der Waals surface area (Å²) in [5.41, 5.74) is -3.18. The van der Waals surface area contributed by atoms with Gasteiger partial charge in [-0.3, -0.25) is 19.1 Å². The third kappa shape index (κ3) is 2.49. The molecule has 8 nitrogen and oxygen atoms in total. The number of hydrogen-bond acceptors (Lipinski definition) is 6. The van der Waals surface area contributed by atoms with E-state index in [4.69, 9.17) is 4.74 Å². The van der Waals surface area contributed by atoms with Crippen molar-refractivity contribution < 1.29 is 23.8 Å². The molecule has 9 heteroatoms. The van der Waals surface area contributed by atoms with E-state index in [1.54, 1.807) is 4.98 Å². The highest BCUT2D eigenvalue weighted by Gasteiger charge is 2.52. The fraction of sp³-hybridized carbons (Fsp3) is 0.583. The number of aromatic amines is 1. The first-order valence-electron chi connectivity index (χ1n) is 6.19. The van der Waals surface area contributed by atoms with E-state index < -0.39 is 47.4 Å². The maximum absolute atomic E-state index is 13.3. The number of aromatic nitrogens is 2. The molecule has 116 valence electrons. The molecule has 1 aromatic rings. The number of nitrogens with one attached hydrogen (secondary N) is 1. The maximum Gasteiger partial charge on any atom is 0.330 e. The molecule has 0 spiro atoms. The van der Waals surface area contributed by atoms with Crippen molar-refractivity contribution in [1.29, 1.82) is 0 Å². The zero-order valence-electron chi connectivity index (χ0n) is 11.5. The van der Waals surface area contributed by atoms with Gasteiger partial charge in [-0.2, -0.15) is 4.39 Å². The number of esters is 1. The van der Waals surface area contributed by atoms with Crippen LogP contribution in [0.1, 0.15) is 19.6 Å². The Morgan fingerprint density at radius 3 is 2.90 bits per heavy atom. The third-order valence-corrected chi connectivity index (χ3v) is 3.68. The second-order valence-corrected chi connectivity index (χ2v) is 5.02. The molecular weight excluding hydrogens is 287 g/mol. The van der Waals surface area contributed by atoms with Crippen LogP contribution in [0.25, 0.3) is 0 Å². The molecule has 1 aromatic heterocycles. The van der Waals surface area contributed by atoms with Gasteiger partial charge in [0.15, 0.2) is 0 Å². The van der Waals surface area contributed by atoms with Gasteiger partial charge in [-0.15, -0.1) is 0 Å². The molecule has 1 fully saturated rings. The molecule has 2 N–H and O–H groups in total. The average Bonchev–Trinajstić information content (AvgIpc) is 2.80. The summed E-state index contributed by atoms with van der Waals surface area (Å²) in [5.74, 6) is -1.76. The van der Waals surface area contributed by atoms with E-state index >= 15 is 0 Å². The highest BCUT2D eigenvalue weighted by atomic mass is 19.1. The molecule has 1 aliphatic heterocycles. The van der Waals surface area contributed by atoms with Crippen molar-refractivity contribution in [3.05, 3.63) is 32.9 Å². The van der Waals surface area contributed by atoms with Gasteiger partial charge in [-0.1, -0.05) is 0 Å². The second-order valence-electron chi connectivity index (χ2n) is 5.02. The first kappa shape index (κ1) is 15.4. The molecule has 0 aromatic carbocycles. The number of ether oxygens (including phenoxy) is 2. The fourth-order valence-electron chi connectivity index (χ4n) is 2.41. The lowest BCUT2D eigenvalue weighted by molar-refractivity contribution is -0.156. The van der Waals surface area contributed by atoms with Crippen LogP contribution in [0, 0.1) is 11.2 Å².